The van der Waals surface area contributed by atoms with Crippen LogP contribution in [0.5, 0.6) is 5.75 Å². The maximum Gasteiger partial charge on any atom is 0.153 e. The van der Waals surface area contributed by atoms with Crippen LogP contribution in [0.1, 0.15) is 15.9 Å². The normalized spacial score (nSPS) is 9.81. The third-order valence-corrected chi connectivity index (χ3v) is 1.95. The smallest absolute Gasteiger partial charge is 0.153 e. The molecule has 1 aromatic carbocycles. The average molecular weight is 217 g/mol. The van der Waals surface area contributed by atoms with Gasteiger partial charge in [0.2, 0.25) is 0 Å². The highest BCUT2D eigenvalue weighted by Gasteiger charge is 2.00. The van der Waals surface area contributed by atoms with Crippen LogP contribution in [0.25, 0.3) is 16.5 Å². The van der Waals surface area contributed by atoms with Crippen LogP contribution in [-0.2, 0) is 0 Å². The molecule has 16 heavy (non-hydrogen) atoms. The molecule has 0 bridgehead atoms. The molecular weight excluding hydrogens is 206 g/mol. The van der Waals surface area contributed by atoms with E-state index < -0.39 is 0 Å². The van der Waals surface area contributed by atoms with E-state index in [4.69, 9.17) is 10.3 Å². The van der Waals surface area contributed by atoms with Gasteiger partial charge in [-0.05, 0) is 23.2 Å². The van der Waals surface area contributed by atoms with Gasteiger partial charge in [0.1, 0.15) is 5.75 Å². The summed E-state index contributed by atoms with van der Waals surface area (Å²) in [6.07, 6.45) is 4.27. The highest BCUT2D eigenvalue weighted by atomic mass is 16.5. The highest BCUT2D eigenvalue weighted by Crippen LogP contribution is 2.19. The number of hydrogen-bond acceptors (Lipinski definition) is 3. The van der Waals surface area contributed by atoms with Gasteiger partial charge in [0.15, 0.2) is 6.29 Å². The molecular formula is C11H11N3O2. The number of aldehydes is 1. The Kier molecular flexibility index (Phi) is 4.63. The van der Waals surface area contributed by atoms with Gasteiger partial charge >= 0.3 is 0 Å². The van der Waals surface area contributed by atoms with Crippen molar-refractivity contribution in [2.75, 3.05) is 13.7 Å². The second kappa shape index (κ2) is 6.27. The highest BCUT2D eigenvalue weighted by molar-refractivity contribution is 5.80. The lowest BCUT2D eigenvalue weighted by Gasteiger charge is -2.03. The molecule has 0 heterocycles. The summed E-state index contributed by atoms with van der Waals surface area (Å²) in [5.41, 5.74) is 9.47. The molecule has 0 aliphatic carbocycles. The third-order valence-electron chi connectivity index (χ3n) is 1.95. The van der Waals surface area contributed by atoms with E-state index >= 15 is 0 Å². The molecule has 0 amide bonds. The van der Waals surface area contributed by atoms with Gasteiger partial charge in [-0.2, -0.15) is 0 Å². The zero-order valence-corrected chi connectivity index (χ0v) is 8.83. The Morgan fingerprint density at radius 2 is 2.38 bits per heavy atom. The Hall–Kier alpha value is -2.26. The van der Waals surface area contributed by atoms with Crippen molar-refractivity contribution >= 4 is 12.4 Å². The van der Waals surface area contributed by atoms with E-state index in [9.17, 15) is 4.79 Å². The van der Waals surface area contributed by atoms with E-state index in [2.05, 4.69) is 10.0 Å². The van der Waals surface area contributed by atoms with Crippen LogP contribution >= 0.6 is 0 Å². The molecule has 0 aliphatic rings. The van der Waals surface area contributed by atoms with Gasteiger partial charge in [-0.1, -0.05) is 23.3 Å². The predicted molar refractivity (Wildman–Crippen MR) is 61.4 cm³/mol. The van der Waals surface area contributed by atoms with Crippen LogP contribution in [0, 0.1) is 0 Å². The van der Waals surface area contributed by atoms with Gasteiger partial charge in [-0.15, -0.1) is 0 Å². The summed E-state index contributed by atoms with van der Waals surface area (Å²) in [5, 5.41) is 3.37. The number of methoxy groups -OCH3 is 1. The molecule has 0 aromatic heterocycles. The van der Waals surface area contributed by atoms with Gasteiger partial charge in [0.25, 0.3) is 0 Å². The SMILES string of the molecule is COc1cc(C=CCN=[N+]=[N-])ccc1C=O. The molecule has 0 N–H and O–H groups in total. The molecule has 0 saturated carbocycles. The van der Waals surface area contributed by atoms with Crippen molar-refractivity contribution in [2.45, 2.75) is 0 Å². The lowest BCUT2D eigenvalue weighted by Crippen LogP contribution is -1.90. The molecule has 0 fully saturated rings. The van der Waals surface area contributed by atoms with Crippen molar-refractivity contribution in [1.82, 2.24) is 0 Å². The molecule has 1 rings (SSSR count). The van der Waals surface area contributed by atoms with Gasteiger partial charge < -0.3 is 4.74 Å². The van der Waals surface area contributed by atoms with Gasteiger partial charge in [-0.3, -0.25) is 4.79 Å². The summed E-state index contributed by atoms with van der Waals surface area (Å²) in [4.78, 5) is 13.3. The first-order chi connectivity index (χ1) is 7.81. The average Bonchev–Trinajstić information content (AvgIpc) is 2.34. The molecule has 0 atom stereocenters. The molecule has 0 saturated heterocycles. The monoisotopic (exact) mass is 217 g/mol. The number of benzene rings is 1. The molecule has 1 aromatic rings. The Bertz CT molecular complexity index is 449. The van der Waals surface area contributed by atoms with Gasteiger partial charge in [0, 0.05) is 11.5 Å². The van der Waals surface area contributed by atoms with E-state index in [0.717, 1.165) is 11.8 Å². The molecule has 0 unspecified atom stereocenters. The lowest BCUT2D eigenvalue weighted by atomic mass is 10.1. The number of ether oxygens (including phenoxy) is 1. The molecule has 5 nitrogen and oxygen atoms in total. The van der Waals surface area contributed by atoms with Crippen LogP contribution in [0.4, 0.5) is 0 Å². The lowest BCUT2D eigenvalue weighted by molar-refractivity contribution is 0.112. The molecule has 0 aliphatic heterocycles. The quantitative estimate of drug-likeness (QED) is 0.329. The first-order valence-electron chi connectivity index (χ1n) is 4.62. The van der Waals surface area contributed by atoms with Gasteiger partial charge in [0.05, 0.1) is 12.7 Å². The predicted octanol–water partition coefficient (Wildman–Crippen LogP) is 2.83. The minimum Gasteiger partial charge on any atom is -0.496 e. The molecule has 82 valence electrons. The zero-order valence-electron chi connectivity index (χ0n) is 8.83. The number of carbonyl (C=O) groups excluding carboxylic acids is 1. The summed E-state index contributed by atoms with van der Waals surface area (Å²) in [6.45, 7) is 0.300. The van der Waals surface area contributed by atoms with Crippen LogP contribution in [0.15, 0.2) is 29.4 Å². The van der Waals surface area contributed by atoms with Crippen molar-refractivity contribution in [2.24, 2.45) is 5.11 Å². The van der Waals surface area contributed by atoms with Crippen molar-refractivity contribution < 1.29 is 9.53 Å². The topological polar surface area (TPSA) is 75.1 Å². The summed E-state index contributed by atoms with van der Waals surface area (Å²) in [7, 11) is 1.51. The second-order valence-electron chi connectivity index (χ2n) is 2.94. The van der Waals surface area contributed by atoms with E-state index in [1.54, 1.807) is 30.4 Å². The van der Waals surface area contributed by atoms with E-state index in [-0.39, 0.29) is 0 Å². The van der Waals surface area contributed by atoms with Crippen molar-refractivity contribution in [1.29, 1.82) is 0 Å². The van der Waals surface area contributed by atoms with Crippen LogP contribution in [0.3, 0.4) is 0 Å². The third kappa shape index (κ3) is 3.15. The largest absolute Gasteiger partial charge is 0.496 e. The molecule has 0 spiro atoms. The standard InChI is InChI=1S/C11H11N3O2/c1-16-11-7-9(3-2-6-13-14-12)4-5-10(11)8-15/h2-5,7-8H,6H2,1H3. The number of carbonyl (C=O) groups is 1. The van der Waals surface area contributed by atoms with Gasteiger partial charge in [-0.25, -0.2) is 0 Å². The maximum absolute atomic E-state index is 10.6. The Balaban J connectivity index is 2.86. The maximum atomic E-state index is 10.6. The first kappa shape index (κ1) is 11.8. The Morgan fingerprint density at radius 1 is 1.56 bits per heavy atom. The van der Waals surface area contributed by atoms with E-state index in [1.807, 2.05) is 0 Å². The van der Waals surface area contributed by atoms with Crippen LogP contribution < -0.4 is 4.74 Å². The van der Waals surface area contributed by atoms with E-state index in [0.29, 0.717) is 17.9 Å². The van der Waals surface area contributed by atoms with Crippen molar-refractivity contribution in [3.63, 3.8) is 0 Å². The van der Waals surface area contributed by atoms with Crippen LogP contribution in [-0.4, -0.2) is 19.9 Å². The Labute approximate surface area is 93.0 Å². The summed E-state index contributed by atoms with van der Waals surface area (Å²) >= 11 is 0. The van der Waals surface area contributed by atoms with E-state index in [1.165, 1.54) is 7.11 Å². The zero-order chi connectivity index (χ0) is 11.8. The number of nitrogens with zero attached hydrogens (tertiary/aromatic N) is 3. The number of hydrogen-bond donors (Lipinski definition) is 0. The summed E-state index contributed by atoms with van der Waals surface area (Å²) in [5.74, 6) is 0.529. The van der Waals surface area contributed by atoms with Crippen molar-refractivity contribution in [3.8, 4) is 5.75 Å². The fourth-order valence-electron chi connectivity index (χ4n) is 1.20. The van der Waals surface area contributed by atoms with Crippen LogP contribution in [0.2, 0.25) is 0 Å². The fourth-order valence-corrected chi connectivity index (χ4v) is 1.20. The minimum atomic E-state index is 0.300. The summed E-state index contributed by atoms with van der Waals surface area (Å²) in [6, 6.07) is 5.22. The molecule has 0 radical (unpaired) electrons. The Morgan fingerprint density at radius 3 is 3.00 bits per heavy atom. The minimum absolute atomic E-state index is 0.300. The first-order valence-corrected chi connectivity index (χ1v) is 4.62. The summed E-state index contributed by atoms with van der Waals surface area (Å²) < 4.78 is 5.06. The number of rotatable bonds is 5. The number of azide groups is 1. The molecule has 5 heteroatoms. The second-order valence-corrected chi connectivity index (χ2v) is 2.94. The van der Waals surface area contributed by atoms with Crippen molar-refractivity contribution in [3.05, 3.63) is 45.8 Å². The fraction of sp³-hybridized carbons (Fsp3) is 0.182.